The first-order valence-electron chi connectivity index (χ1n) is 7.79. The largest absolute Gasteiger partial charge is 0.310 e. The number of para-hydroxylation sites is 1. The normalized spacial score (nSPS) is 29.9. The van der Waals surface area contributed by atoms with Crippen molar-refractivity contribution in [2.24, 2.45) is 11.8 Å². The summed E-state index contributed by atoms with van der Waals surface area (Å²) in [5.74, 6) is 1.08. The summed E-state index contributed by atoms with van der Waals surface area (Å²) >= 11 is 0. The van der Waals surface area contributed by atoms with E-state index >= 15 is 0 Å². The molecule has 1 aromatic carbocycles. The molecule has 0 saturated heterocycles. The van der Waals surface area contributed by atoms with Gasteiger partial charge in [0.1, 0.15) is 0 Å². The van der Waals surface area contributed by atoms with Crippen LogP contribution in [0.25, 0.3) is 0 Å². The molecule has 20 heavy (non-hydrogen) atoms. The lowest BCUT2D eigenvalue weighted by molar-refractivity contribution is -0.123. The van der Waals surface area contributed by atoms with Gasteiger partial charge in [0, 0.05) is 30.7 Å². The predicted octanol–water partition coefficient (Wildman–Crippen LogP) is 2.95. The summed E-state index contributed by atoms with van der Waals surface area (Å²) in [5.41, 5.74) is 2.34. The van der Waals surface area contributed by atoms with Crippen LogP contribution in [0.4, 0.5) is 5.69 Å². The highest BCUT2D eigenvalue weighted by Gasteiger charge is 2.35. The van der Waals surface area contributed by atoms with Crippen molar-refractivity contribution in [1.29, 1.82) is 0 Å². The zero-order chi connectivity index (χ0) is 14.1. The van der Waals surface area contributed by atoms with Gasteiger partial charge in [-0.15, -0.1) is 0 Å². The standard InChI is InChI=1S/C17H24N2O/c1-12-6-5-8-15(12)17(20)19-11-13(2)18-10-14-7-3-4-9-16(14)19/h3-4,7,9,12-13,15,18H,5-6,8,10-11H2,1-2H3. The van der Waals surface area contributed by atoms with E-state index in [1.165, 1.54) is 18.4 Å². The summed E-state index contributed by atoms with van der Waals surface area (Å²) in [6.45, 7) is 6.01. The van der Waals surface area contributed by atoms with Gasteiger partial charge in [-0.25, -0.2) is 0 Å². The fourth-order valence-electron chi connectivity index (χ4n) is 3.57. The van der Waals surface area contributed by atoms with Gasteiger partial charge in [-0.3, -0.25) is 4.79 Å². The lowest BCUT2D eigenvalue weighted by Gasteiger charge is -2.28. The van der Waals surface area contributed by atoms with Crippen molar-refractivity contribution in [2.75, 3.05) is 11.4 Å². The van der Waals surface area contributed by atoms with Crippen molar-refractivity contribution in [1.82, 2.24) is 5.32 Å². The van der Waals surface area contributed by atoms with E-state index in [-0.39, 0.29) is 5.92 Å². The van der Waals surface area contributed by atoms with Gasteiger partial charge in [-0.2, -0.15) is 0 Å². The maximum Gasteiger partial charge on any atom is 0.230 e. The Labute approximate surface area is 121 Å². The van der Waals surface area contributed by atoms with Crippen molar-refractivity contribution in [3.63, 3.8) is 0 Å². The van der Waals surface area contributed by atoms with Crippen LogP contribution in [0.1, 0.15) is 38.7 Å². The van der Waals surface area contributed by atoms with Crippen LogP contribution < -0.4 is 10.2 Å². The number of rotatable bonds is 1. The molecule has 2 aliphatic rings. The summed E-state index contributed by atoms with van der Waals surface area (Å²) in [5, 5.41) is 3.49. The van der Waals surface area contributed by atoms with Crippen molar-refractivity contribution in [2.45, 2.75) is 45.7 Å². The van der Waals surface area contributed by atoms with Crippen molar-refractivity contribution < 1.29 is 4.79 Å². The van der Waals surface area contributed by atoms with Crippen LogP contribution in [-0.4, -0.2) is 18.5 Å². The Balaban J connectivity index is 1.92. The van der Waals surface area contributed by atoms with Gasteiger partial charge in [0.25, 0.3) is 0 Å². The third-order valence-corrected chi connectivity index (χ3v) is 4.82. The zero-order valence-corrected chi connectivity index (χ0v) is 12.4. The molecule has 0 spiro atoms. The Bertz CT molecular complexity index is 500. The van der Waals surface area contributed by atoms with Gasteiger partial charge in [0.15, 0.2) is 0 Å². The fourth-order valence-corrected chi connectivity index (χ4v) is 3.57. The second kappa shape index (κ2) is 5.57. The van der Waals surface area contributed by atoms with E-state index < -0.39 is 0 Å². The molecule has 1 aliphatic heterocycles. The van der Waals surface area contributed by atoms with Gasteiger partial charge in [-0.05, 0) is 37.3 Å². The highest BCUT2D eigenvalue weighted by atomic mass is 16.2. The number of carbonyl (C=O) groups excluding carboxylic acids is 1. The zero-order valence-electron chi connectivity index (χ0n) is 12.4. The summed E-state index contributed by atoms with van der Waals surface area (Å²) < 4.78 is 0. The summed E-state index contributed by atoms with van der Waals surface area (Å²) in [6, 6.07) is 8.64. The molecular weight excluding hydrogens is 248 g/mol. The monoisotopic (exact) mass is 272 g/mol. The Morgan fingerprint density at radius 3 is 2.80 bits per heavy atom. The Morgan fingerprint density at radius 1 is 1.25 bits per heavy atom. The van der Waals surface area contributed by atoms with Crippen molar-refractivity contribution in [3.05, 3.63) is 29.8 Å². The summed E-state index contributed by atoms with van der Waals surface area (Å²) in [4.78, 5) is 15.0. The van der Waals surface area contributed by atoms with E-state index in [0.29, 0.717) is 17.9 Å². The minimum absolute atomic E-state index is 0.216. The molecule has 108 valence electrons. The molecule has 3 heteroatoms. The van der Waals surface area contributed by atoms with Gasteiger partial charge >= 0.3 is 0 Å². The summed E-state index contributed by atoms with van der Waals surface area (Å²) in [7, 11) is 0. The SMILES string of the molecule is CC1CN(C(=O)C2CCCC2C)c2ccccc2CN1. The predicted molar refractivity (Wildman–Crippen MR) is 81.6 cm³/mol. The van der Waals surface area contributed by atoms with Crippen LogP contribution in [0.5, 0.6) is 0 Å². The van der Waals surface area contributed by atoms with Crippen LogP contribution in [0, 0.1) is 11.8 Å². The first kappa shape index (κ1) is 13.6. The van der Waals surface area contributed by atoms with Crippen LogP contribution in [0.2, 0.25) is 0 Å². The maximum atomic E-state index is 13.0. The Morgan fingerprint density at radius 2 is 2.05 bits per heavy atom. The van der Waals surface area contributed by atoms with E-state index in [4.69, 9.17) is 0 Å². The second-order valence-electron chi connectivity index (χ2n) is 6.37. The number of nitrogens with zero attached hydrogens (tertiary/aromatic N) is 1. The lowest BCUT2D eigenvalue weighted by atomic mass is 9.96. The molecule has 0 bridgehead atoms. The maximum absolute atomic E-state index is 13.0. The number of hydrogen-bond donors (Lipinski definition) is 1. The molecule has 1 amide bonds. The topological polar surface area (TPSA) is 32.3 Å². The van der Waals surface area contributed by atoms with Gasteiger partial charge in [0.2, 0.25) is 5.91 Å². The number of carbonyl (C=O) groups is 1. The second-order valence-corrected chi connectivity index (χ2v) is 6.37. The molecule has 1 saturated carbocycles. The Hall–Kier alpha value is -1.35. The van der Waals surface area contributed by atoms with E-state index in [9.17, 15) is 4.79 Å². The van der Waals surface area contributed by atoms with Crippen molar-refractivity contribution in [3.8, 4) is 0 Å². The molecule has 3 rings (SSSR count). The average molecular weight is 272 g/mol. The molecule has 3 unspecified atom stereocenters. The highest BCUT2D eigenvalue weighted by Crippen LogP contribution is 2.35. The van der Waals surface area contributed by atoms with Gasteiger partial charge < -0.3 is 10.2 Å². The van der Waals surface area contributed by atoms with Crippen LogP contribution >= 0.6 is 0 Å². The van der Waals surface area contributed by atoms with Gasteiger partial charge in [-0.1, -0.05) is 31.5 Å². The fraction of sp³-hybridized carbons (Fsp3) is 0.588. The molecule has 3 atom stereocenters. The van der Waals surface area contributed by atoms with Crippen LogP contribution in [-0.2, 0) is 11.3 Å². The van der Waals surface area contributed by atoms with E-state index in [2.05, 4.69) is 37.4 Å². The summed E-state index contributed by atoms with van der Waals surface area (Å²) in [6.07, 6.45) is 3.45. The minimum Gasteiger partial charge on any atom is -0.310 e. The van der Waals surface area contributed by atoms with E-state index in [0.717, 1.165) is 25.2 Å². The molecule has 1 N–H and O–H groups in total. The third kappa shape index (κ3) is 2.47. The molecular formula is C17H24N2O. The first-order valence-corrected chi connectivity index (χ1v) is 7.79. The van der Waals surface area contributed by atoms with Crippen molar-refractivity contribution >= 4 is 11.6 Å². The quantitative estimate of drug-likeness (QED) is 0.852. The molecule has 1 heterocycles. The molecule has 1 fully saturated rings. The highest BCUT2D eigenvalue weighted by molar-refractivity contribution is 5.96. The number of anilines is 1. The molecule has 1 aliphatic carbocycles. The van der Waals surface area contributed by atoms with E-state index in [1.807, 2.05) is 11.0 Å². The number of hydrogen-bond acceptors (Lipinski definition) is 2. The van der Waals surface area contributed by atoms with E-state index in [1.54, 1.807) is 0 Å². The molecule has 3 nitrogen and oxygen atoms in total. The Kier molecular flexibility index (Phi) is 3.79. The first-order chi connectivity index (χ1) is 9.66. The van der Waals surface area contributed by atoms with Gasteiger partial charge in [0.05, 0.1) is 0 Å². The average Bonchev–Trinajstić information content (AvgIpc) is 2.80. The number of amides is 1. The lowest BCUT2D eigenvalue weighted by Crippen LogP contribution is -2.43. The number of nitrogens with one attached hydrogen (secondary N) is 1. The molecule has 0 aromatic heterocycles. The smallest absolute Gasteiger partial charge is 0.230 e. The number of benzene rings is 1. The molecule has 0 radical (unpaired) electrons. The third-order valence-electron chi connectivity index (χ3n) is 4.82. The number of fused-ring (bicyclic) bond motifs is 1. The molecule has 1 aromatic rings. The van der Waals surface area contributed by atoms with Crippen LogP contribution in [0.3, 0.4) is 0 Å². The minimum atomic E-state index is 0.216. The van der Waals surface area contributed by atoms with Crippen LogP contribution in [0.15, 0.2) is 24.3 Å².